The molecule has 4 heterocycles. The Hall–Kier alpha value is -2.94. The summed E-state index contributed by atoms with van der Waals surface area (Å²) in [6.07, 6.45) is 0.673. The van der Waals surface area contributed by atoms with Crippen LogP contribution in [-0.4, -0.2) is 36.4 Å². The van der Waals surface area contributed by atoms with E-state index >= 15 is 0 Å². The van der Waals surface area contributed by atoms with Gasteiger partial charge < -0.3 is 11.1 Å². The topological polar surface area (TPSA) is 121 Å². The van der Waals surface area contributed by atoms with Crippen LogP contribution in [0.5, 0.6) is 0 Å². The van der Waals surface area contributed by atoms with E-state index in [0.717, 1.165) is 26.3 Å². The highest BCUT2D eigenvalue weighted by Crippen LogP contribution is 2.43. The molecule has 0 spiro atoms. The van der Waals surface area contributed by atoms with Crippen molar-refractivity contribution in [2.45, 2.75) is 46.7 Å². The highest BCUT2D eigenvalue weighted by molar-refractivity contribution is 14.1. The number of carbonyl (C=O) groups excluding carboxylic acids is 2. The number of primary amides is 1. The first kappa shape index (κ1) is 25.2. The average Bonchev–Trinajstić information content (AvgIpc) is 3.46. The molecule has 0 aliphatic heterocycles. The van der Waals surface area contributed by atoms with Gasteiger partial charge in [-0.05, 0) is 55.0 Å². The fourth-order valence-corrected chi connectivity index (χ4v) is 5.23. The van der Waals surface area contributed by atoms with E-state index in [0.29, 0.717) is 29.6 Å². The van der Waals surface area contributed by atoms with Crippen LogP contribution in [0.2, 0.25) is 0 Å². The van der Waals surface area contributed by atoms with Crippen molar-refractivity contribution in [3.63, 3.8) is 0 Å². The summed E-state index contributed by atoms with van der Waals surface area (Å²) in [6, 6.07) is 1.28. The normalized spacial score (nSPS) is 11.5. The molecule has 4 aromatic rings. The highest BCUT2D eigenvalue weighted by atomic mass is 127. The Bertz CT molecular complexity index is 1420. The van der Waals surface area contributed by atoms with E-state index in [2.05, 4.69) is 43.1 Å². The second-order valence-corrected chi connectivity index (χ2v) is 9.99. The van der Waals surface area contributed by atoms with E-state index < -0.39 is 18.0 Å². The van der Waals surface area contributed by atoms with Crippen molar-refractivity contribution in [2.75, 3.05) is 5.32 Å². The van der Waals surface area contributed by atoms with Gasteiger partial charge >= 0.3 is 0 Å². The van der Waals surface area contributed by atoms with Crippen LogP contribution in [0, 0.1) is 17.4 Å². The lowest BCUT2D eigenvalue weighted by Gasteiger charge is -2.11. The van der Waals surface area contributed by atoms with Crippen LogP contribution in [0.3, 0.4) is 0 Å². The summed E-state index contributed by atoms with van der Waals surface area (Å²) < 4.78 is 31.7. The molecule has 4 aromatic heterocycles. The minimum atomic E-state index is -2.82. The molecule has 0 bridgehead atoms. The SMILES string of the molecule is CCn1ncc(-c2cc(C(F)F)nc3sc(C(N)=O)c(NC(=O)CCn4cc(I)c(C)n4)c23)c1C. The van der Waals surface area contributed by atoms with Crippen LogP contribution in [0.4, 0.5) is 14.5 Å². The number of fused-ring (bicyclic) bond motifs is 1. The smallest absolute Gasteiger partial charge is 0.280 e. The number of carbonyl (C=O) groups is 2. The molecule has 0 atom stereocenters. The van der Waals surface area contributed by atoms with Crippen molar-refractivity contribution in [2.24, 2.45) is 5.73 Å². The molecule has 4 rings (SSSR count). The minimum absolute atomic E-state index is 0.0403. The van der Waals surface area contributed by atoms with E-state index in [4.69, 9.17) is 5.73 Å². The number of nitrogens with one attached hydrogen (secondary N) is 1. The monoisotopic (exact) mass is 613 g/mol. The number of nitrogens with zero attached hydrogens (tertiary/aromatic N) is 5. The summed E-state index contributed by atoms with van der Waals surface area (Å²) in [5.74, 6) is -1.16. The standard InChI is InChI=1S/C22H22F2IN7O2S/c1-4-32-11(3)13(8-27-32)12-7-15(20(23)24)28-22-17(12)18(19(35-22)21(26)34)29-16(33)5-6-31-9-14(25)10(2)30-31/h7-9,20H,4-6H2,1-3H3,(H2,26,34)(H,29,33). The molecule has 0 aliphatic carbocycles. The molecule has 13 heteroatoms. The van der Waals surface area contributed by atoms with Gasteiger partial charge in [-0.15, -0.1) is 11.3 Å². The summed E-state index contributed by atoms with van der Waals surface area (Å²) in [6.45, 7) is 6.53. The number of amides is 2. The van der Waals surface area contributed by atoms with Gasteiger partial charge in [-0.25, -0.2) is 13.8 Å². The number of aryl methyl sites for hydroxylation is 3. The number of alkyl halides is 2. The van der Waals surface area contributed by atoms with Gasteiger partial charge in [0, 0.05) is 42.4 Å². The fourth-order valence-electron chi connectivity index (χ4n) is 3.79. The summed E-state index contributed by atoms with van der Waals surface area (Å²) >= 11 is 3.04. The molecule has 0 aliphatic rings. The fraction of sp³-hybridized carbons (Fsp3) is 0.318. The Morgan fingerprint density at radius 3 is 2.60 bits per heavy atom. The lowest BCUT2D eigenvalue weighted by Crippen LogP contribution is -2.18. The van der Waals surface area contributed by atoms with Gasteiger partial charge in [-0.1, -0.05) is 0 Å². The average molecular weight is 613 g/mol. The van der Waals surface area contributed by atoms with Crippen molar-refractivity contribution in [3.8, 4) is 11.1 Å². The van der Waals surface area contributed by atoms with Crippen LogP contribution in [-0.2, 0) is 17.9 Å². The van der Waals surface area contributed by atoms with Crippen molar-refractivity contribution >= 4 is 61.6 Å². The third kappa shape index (κ3) is 4.91. The molecule has 9 nitrogen and oxygen atoms in total. The molecule has 35 heavy (non-hydrogen) atoms. The van der Waals surface area contributed by atoms with E-state index in [1.54, 1.807) is 15.6 Å². The summed E-state index contributed by atoms with van der Waals surface area (Å²) in [4.78, 5) is 29.4. The molecule has 0 aromatic carbocycles. The Balaban J connectivity index is 1.80. The van der Waals surface area contributed by atoms with Gasteiger partial charge in [-0.2, -0.15) is 10.2 Å². The van der Waals surface area contributed by atoms with E-state index in [9.17, 15) is 18.4 Å². The second-order valence-electron chi connectivity index (χ2n) is 7.83. The maximum absolute atomic E-state index is 13.7. The predicted molar refractivity (Wildman–Crippen MR) is 138 cm³/mol. The van der Waals surface area contributed by atoms with E-state index in [1.807, 2.05) is 27.0 Å². The van der Waals surface area contributed by atoms with E-state index in [1.165, 1.54) is 6.07 Å². The number of halogens is 3. The number of nitrogens with two attached hydrogens (primary N) is 1. The number of thiophene rings is 1. The summed E-state index contributed by atoms with van der Waals surface area (Å²) in [5.41, 5.74) is 7.95. The molecule has 0 saturated heterocycles. The van der Waals surface area contributed by atoms with Crippen molar-refractivity contribution in [1.29, 1.82) is 0 Å². The molecular formula is C22H22F2IN7O2S. The van der Waals surface area contributed by atoms with E-state index in [-0.39, 0.29) is 27.7 Å². The second kappa shape index (κ2) is 9.97. The third-order valence-electron chi connectivity index (χ3n) is 5.54. The Morgan fingerprint density at radius 2 is 2.03 bits per heavy atom. The molecular weight excluding hydrogens is 591 g/mol. The highest BCUT2D eigenvalue weighted by Gasteiger charge is 2.26. The van der Waals surface area contributed by atoms with Gasteiger partial charge in [0.15, 0.2) is 0 Å². The maximum Gasteiger partial charge on any atom is 0.280 e. The number of hydrogen-bond donors (Lipinski definition) is 2. The number of pyridine rings is 1. The molecule has 3 N–H and O–H groups in total. The lowest BCUT2D eigenvalue weighted by atomic mass is 10.0. The molecule has 0 saturated carbocycles. The number of anilines is 1. The quantitative estimate of drug-likeness (QED) is 0.280. The molecule has 184 valence electrons. The number of aromatic nitrogens is 5. The van der Waals surface area contributed by atoms with Crippen molar-refractivity contribution in [1.82, 2.24) is 24.5 Å². The van der Waals surface area contributed by atoms with Crippen LogP contribution >= 0.6 is 33.9 Å². The third-order valence-corrected chi connectivity index (χ3v) is 7.70. The van der Waals surface area contributed by atoms with Gasteiger partial charge in [-0.3, -0.25) is 19.0 Å². The lowest BCUT2D eigenvalue weighted by molar-refractivity contribution is -0.116. The Morgan fingerprint density at radius 1 is 1.29 bits per heavy atom. The van der Waals surface area contributed by atoms with Crippen LogP contribution in [0.25, 0.3) is 21.3 Å². The van der Waals surface area contributed by atoms with Crippen LogP contribution < -0.4 is 11.1 Å². The molecule has 0 radical (unpaired) electrons. The number of rotatable bonds is 8. The molecule has 2 amide bonds. The zero-order valence-electron chi connectivity index (χ0n) is 19.1. The van der Waals surface area contributed by atoms with Gasteiger partial charge in [0.05, 0.1) is 21.1 Å². The zero-order valence-corrected chi connectivity index (χ0v) is 22.1. The van der Waals surface area contributed by atoms with Crippen LogP contribution in [0.1, 0.15) is 46.5 Å². The Kier molecular flexibility index (Phi) is 7.17. The van der Waals surface area contributed by atoms with Gasteiger partial charge in [0.1, 0.15) is 15.4 Å². The predicted octanol–water partition coefficient (Wildman–Crippen LogP) is 4.66. The van der Waals surface area contributed by atoms with Crippen LogP contribution in [0.15, 0.2) is 18.5 Å². The van der Waals surface area contributed by atoms with Gasteiger partial charge in [0.2, 0.25) is 5.91 Å². The zero-order chi connectivity index (χ0) is 25.4. The van der Waals surface area contributed by atoms with Gasteiger partial charge in [0.25, 0.3) is 12.3 Å². The first-order valence-electron chi connectivity index (χ1n) is 10.7. The number of hydrogen-bond acceptors (Lipinski definition) is 6. The van der Waals surface area contributed by atoms with Crippen molar-refractivity contribution in [3.05, 3.63) is 44.0 Å². The molecule has 0 unspecified atom stereocenters. The summed E-state index contributed by atoms with van der Waals surface area (Å²) in [5, 5.41) is 11.8. The minimum Gasteiger partial charge on any atom is -0.365 e. The first-order valence-corrected chi connectivity index (χ1v) is 12.6. The maximum atomic E-state index is 13.7. The van der Waals surface area contributed by atoms with Crippen molar-refractivity contribution < 1.29 is 18.4 Å². The first-order chi connectivity index (χ1) is 16.6. The molecule has 0 fully saturated rings. The largest absolute Gasteiger partial charge is 0.365 e. The Labute approximate surface area is 216 Å². The summed E-state index contributed by atoms with van der Waals surface area (Å²) in [7, 11) is 0.